The molecular weight excluding hydrogens is 316 g/mol. The molecule has 1 heterocycles. The van der Waals surface area contributed by atoms with Crippen LogP contribution < -0.4 is 9.47 Å². The smallest absolute Gasteiger partial charge is 0.162 e. The van der Waals surface area contributed by atoms with Gasteiger partial charge >= 0.3 is 0 Å². The Hall–Kier alpha value is -0.390. The van der Waals surface area contributed by atoms with E-state index >= 15 is 0 Å². The minimum Gasteiger partial charge on any atom is -0.486 e. The maximum absolute atomic E-state index is 8.89. The summed E-state index contributed by atoms with van der Waals surface area (Å²) in [6.45, 7) is 3.60. The molecular formula is C13H17BrO3S. The summed E-state index contributed by atoms with van der Waals surface area (Å²) in [7, 11) is 0. The van der Waals surface area contributed by atoms with Gasteiger partial charge in [0.25, 0.3) is 0 Å². The van der Waals surface area contributed by atoms with Crippen molar-refractivity contribution in [3.63, 3.8) is 0 Å². The highest BCUT2D eigenvalue weighted by molar-refractivity contribution is 9.10. The first kappa shape index (κ1) is 14.0. The van der Waals surface area contributed by atoms with Gasteiger partial charge < -0.3 is 14.6 Å². The average Bonchev–Trinajstić information content (AvgIpc) is 2.36. The highest BCUT2D eigenvalue weighted by Crippen LogP contribution is 2.37. The fraction of sp³-hybridized carbons (Fsp3) is 0.538. The molecule has 0 aliphatic carbocycles. The first-order valence-electron chi connectivity index (χ1n) is 6.01. The largest absolute Gasteiger partial charge is 0.486 e. The van der Waals surface area contributed by atoms with E-state index in [4.69, 9.17) is 14.6 Å². The summed E-state index contributed by atoms with van der Waals surface area (Å²) in [6.07, 6.45) is 0.826. The molecule has 5 heteroatoms. The summed E-state index contributed by atoms with van der Waals surface area (Å²) >= 11 is 5.40. The Morgan fingerprint density at radius 3 is 2.67 bits per heavy atom. The number of benzene rings is 1. The molecule has 3 nitrogen and oxygen atoms in total. The Kier molecular flexibility index (Phi) is 5.21. The average molecular weight is 333 g/mol. The molecule has 0 radical (unpaired) electrons. The fourth-order valence-corrected chi connectivity index (χ4v) is 3.34. The van der Waals surface area contributed by atoms with Crippen LogP contribution in [0.2, 0.25) is 0 Å². The number of fused-ring (bicyclic) bond motifs is 1. The second-order valence-corrected chi connectivity index (χ2v) is 6.50. The Morgan fingerprint density at radius 1 is 1.33 bits per heavy atom. The lowest BCUT2D eigenvalue weighted by molar-refractivity contribution is 0.171. The summed E-state index contributed by atoms with van der Waals surface area (Å²) in [5.74, 6) is 2.54. The summed E-state index contributed by atoms with van der Waals surface area (Å²) in [5.41, 5.74) is 1.20. The molecule has 1 aliphatic rings. The highest BCUT2D eigenvalue weighted by atomic mass is 79.9. The zero-order valence-corrected chi connectivity index (χ0v) is 12.7. The zero-order valence-electron chi connectivity index (χ0n) is 10.3. The van der Waals surface area contributed by atoms with E-state index in [1.54, 1.807) is 0 Å². The van der Waals surface area contributed by atoms with Crippen molar-refractivity contribution in [1.29, 1.82) is 0 Å². The molecule has 18 heavy (non-hydrogen) atoms. The number of hydrogen-bond donors (Lipinski definition) is 1. The van der Waals surface area contributed by atoms with Gasteiger partial charge in [0.2, 0.25) is 0 Å². The van der Waals surface area contributed by atoms with Crippen LogP contribution in [0, 0.1) is 0 Å². The number of halogens is 1. The number of aliphatic hydroxyl groups excluding tert-OH is 1. The van der Waals surface area contributed by atoms with Gasteiger partial charge in [-0.05, 0) is 24.1 Å². The SMILES string of the molecule is CC(CCO)SCc1cc2c(cc1Br)OCCO2. The van der Waals surface area contributed by atoms with Gasteiger partial charge in [-0.1, -0.05) is 22.9 Å². The van der Waals surface area contributed by atoms with Crippen molar-refractivity contribution < 1.29 is 14.6 Å². The summed E-state index contributed by atoms with van der Waals surface area (Å²) < 4.78 is 12.2. The maximum Gasteiger partial charge on any atom is 0.162 e. The van der Waals surface area contributed by atoms with E-state index in [0.717, 1.165) is 28.1 Å². The van der Waals surface area contributed by atoms with Crippen molar-refractivity contribution in [3.8, 4) is 11.5 Å². The monoisotopic (exact) mass is 332 g/mol. The predicted octanol–water partition coefficient (Wildman–Crippen LogP) is 3.22. The first-order valence-corrected chi connectivity index (χ1v) is 7.85. The van der Waals surface area contributed by atoms with Gasteiger partial charge in [0.1, 0.15) is 13.2 Å². The van der Waals surface area contributed by atoms with Crippen LogP contribution in [0.3, 0.4) is 0 Å². The van der Waals surface area contributed by atoms with Gasteiger partial charge in [-0.15, -0.1) is 0 Å². The molecule has 0 amide bonds. The van der Waals surface area contributed by atoms with Crippen LogP contribution in [0.5, 0.6) is 11.5 Å². The molecule has 100 valence electrons. The van der Waals surface area contributed by atoms with Crippen LogP contribution in [0.25, 0.3) is 0 Å². The predicted molar refractivity (Wildman–Crippen MR) is 77.6 cm³/mol. The third-order valence-electron chi connectivity index (χ3n) is 2.77. The number of aliphatic hydroxyl groups is 1. The van der Waals surface area contributed by atoms with E-state index in [-0.39, 0.29) is 6.61 Å². The van der Waals surface area contributed by atoms with Gasteiger partial charge in [-0.2, -0.15) is 11.8 Å². The molecule has 1 unspecified atom stereocenters. The molecule has 1 aliphatic heterocycles. The molecule has 0 saturated heterocycles. The second kappa shape index (κ2) is 6.68. The Morgan fingerprint density at radius 2 is 2.00 bits per heavy atom. The van der Waals surface area contributed by atoms with E-state index in [1.807, 2.05) is 23.9 Å². The van der Waals surface area contributed by atoms with Crippen molar-refractivity contribution in [2.24, 2.45) is 0 Å². The van der Waals surface area contributed by atoms with E-state index < -0.39 is 0 Å². The van der Waals surface area contributed by atoms with Crippen molar-refractivity contribution in [3.05, 3.63) is 22.2 Å². The zero-order chi connectivity index (χ0) is 13.0. The molecule has 0 saturated carbocycles. The van der Waals surface area contributed by atoms with Crippen LogP contribution in [-0.4, -0.2) is 30.2 Å². The molecule has 0 aromatic heterocycles. The minimum atomic E-state index is 0.247. The molecule has 0 bridgehead atoms. The first-order chi connectivity index (χ1) is 8.70. The summed E-state index contributed by atoms with van der Waals surface area (Å²) in [6, 6.07) is 4.01. The van der Waals surface area contributed by atoms with Crippen molar-refractivity contribution in [2.75, 3.05) is 19.8 Å². The van der Waals surface area contributed by atoms with Crippen LogP contribution in [0.4, 0.5) is 0 Å². The molecule has 0 spiro atoms. The van der Waals surface area contributed by atoms with E-state index in [0.29, 0.717) is 18.5 Å². The molecule has 1 aromatic carbocycles. The topological polar surface area (TPSA) is 38.7 Å². The van der Waals surface area contributed by atoms with Crippen LogP contribution in [0.15, 0.2) is 16.6 Å². The molecule has 1 atom stereocenters. The van der Waals surface area contributed by atoms with Gasteiger partial charge in [-0.3, -0.25) is 0 Å². The lowest BCUT2D eigenvalue weighted by Gasteiger charge is -2.20. The Bertz CT molecular complexity index is 411. The van der Waals surface area contributed by atoms with Gasteiger partial charge in [0.15, 0.2) is 11.5 Å². The van der Waals surface area contributed by atoms with Crippen molar-refractivity contribution in [2.45, 2.75) is 24.3 Å². The van der Waals surface area contributed by atoms with Gasteiger partial charge in [-0.25, -0.2) is 0 Å². The van der Waals surface area contributed by atoms with Crippen LogP contribution in [0.1, 0.15) is 18.9 Å². The van der Waals surface area contributed by atoms with E-state index in [9.17, 15) is 0 Å². The number of ether oxygens (including phenoxy) is 2. The lowest BCUT2D eigenvalue weighted by Crippen LogP contribution is -2.15. The Labute approximate surface area is 120 Å². The number of thioether (sulfide) groups is 1. The maximum atomic E-state index is 8.89. The summed E-state index contributed by atoms with van der Waals surface area (Å²) in [5, 5.41) is 9.34. The molecule has 2 rings (SSSR count). The van der Waals surface area contributed by atoms with Crippen LogP contribution in [-0.2, 0) is 5.75 Å². The number of rotatable bonds is 5. The third kappa shape index (κ3) is 3.56. The Balaban J connectivity index is 2.04. The fourth-order valence-electron chi connectivity index (χ4n) is 1.71. The highest BCUT2D eigenvalue weighted by Gasteiger charge is 2.15. The molecule has 1 aromatic rings. The van der Waals surface area contributed by atoms with Crippen molar-refractivity contribution >= 4 is 27.7 Å². The molecule has 0 fully saturated rings. The van der Waals surface area contributed by atoms with Gasteiger partial charge in [0, 0.05) is 22.1 Å². The second-order valence-electron chi connectivity index (χ2n) is 4.22. The molecule has 1 N–H and O–H groups in total. The quantitative estimate of drug-likeness (QED) is 0.898. The van der Waals surface area contributed by atoms with E-state index in [2.05, 4.69) is 22.9 Å². The van der Waals surface area contributed by atoms with Crippen LogP contribution >= 0.6 is 27.7 Å². The summed E-state index contributed by atoms with van der Waals surface area (Å²) in [4.78, 5) is 0. The standard InChI is InChI=1S/C13H17BrO3S/c1-9(2-3-15)18-8-10-6-12-13(7-11(10)14)17-5-4-16-12/h6-7,9,15H,2-5,8H2,1H3. The number of hydrogen-bond acceptors (Lipinski definition) is 4. The normalized spacial score (nSPS) is 15.5. The van der Waals surface area contributed by atoms with E-state index in [1.165, 1.54) is 5.56 Å². The third-order valence-corrected chi connectivity index (χ3v) is 4.79. The van der Waals surface area contributed by atoms with Gasteiger partial charge in [0.05, 0.1) is 0 Å². The lowest BCUT2D eigenvalue weighted by atomic mass is 10.2. The van der Waals surface area contributed by atoms with Crippen molar-refractivity contribution in [1.82, 2.24) is 0 Å². The minimum absolute atomic E-state index is 0.247.